The van der Waals surface area contributed by atoms with Gasteiger partial charge in [-0.05, 0) is 43.0 Å². The van der Waals surface area contributed by atoms with Crippen molar-refractivity contribution in [2.24, 2.45) is 0 Å². The van der Waals surface area contributed by atoms with Crippen LogP contribution >= 0.6 is 0 Å². The third kappa shape index (κ3) is 4.75. The molecule has 0 radical (unpaired) electrons. The number of anilines is 1. The maximum atomic E-state index is 12.3. The number of ether oxygens (including phenoxy) is 2. The Morgan fingerprint density at radius 1 is 1.08 bits per heavy atom. The van der Waals surface area contributed by atoms with E-state index in [1.807, 2.05) is 50.2 Å². The van der Waals surface area contributed by atoms with Gasteiger partial charge in [0.1, 0.15) is 11.5 Å². The molecule has 1 N–H and O–H groups in total. The van der Waals surface area contributed by atoms with Gasteiger partial charge >= 0.3 is 0 Å². The zero-order valence-corrected chi connectivity index (χ0v) is 14.8. The van der Waals surface area contributed by atoms with Gasteiger partial charge < -0.3 is 14.8 Å². The van der Waals surface area contributed by atoms with Gasteiger partial charge in [0, 0.05) is 11.8 Å². The van der Waals surface area contributed by atoms with Gasteiger partial charge in [0.25, 0.3) is 5.91 Å². The van der Waals surface area contributed by atoms with Crippen LogP contribution in [0.2, 0.25) is 0 Å². The molecule has 0 fully saturated rings. The summed E-state index contributed by atoms with van der Waals surface area (Å²) in [5, 5.41) is 2.97. The minimum absolute atomic E-state index is 0.0402. The van der Waals surface area contributed by atoms with Gasteiger partial charge in [-0.3, -0.25) is 4.79 Å². The molecule has 1 amide bonds. The number of aryl methyl sites for hydroxylation is 1. The van der Waals surface area contributed by atoms with Gasteiger partial charge in [-0.25, -0.2) is 0 Å². The fraction of sp³-hybridized carbons (Fsp3) is 0.350. The standard InChI is InChI=1S/C20H25NO3/c1-5-23-16-9-7-10-17(12-16)24-13-19(22)21-20-15(4)8-6-11-18(20)14(2)3/h6-12,14H,5,13H2,1-4H3,(H,21,22). The molecule has 4 nitrogen and oxygen atoms in total. The highest BCUT2D eigenvalue weighted by molar-refractivity contribution is 5.93. The van der Waals surface area contributed by atoms with E-state index in [9.17, 15) is 4.79 Å². The molecule has 0 saturated carbocycles. The van der Waals surface area contributed by atoms with Crippen molar-refractivity contribution in [2.45, 2.75) is 33.6 Å². The van der Waals surface area contributed by atoms with Crippen molar-refractivity contribution in [2.75, 3.05) is 18.5 Å². The largest absolute Gasteiger partial charge is 0.494 e. The number of amides is 1. The van der Waals surface area contributed by atoms with E-state index in [2.05, 4.69) is 19.2 Å². The van der Waals surface area contributed by atoms with Crippen LogP contribution in [0.3, 0.4) is 0 Å². The molecule has 2 aromatic carbocycles. The van der Waals surface area contributed by atoms with E-state index in [-0.39, 0.29) is 12.5 Å². The molecule has 0 aliphatic heterocycles. The van der Waals surface area contributed by atoms with Gasteiger partial charge in [-0.15, -0.1) is 0 Å². The molecule has 0 atom stereocenters. The summed E-state index contributed by atoms with van der Waals surface area (Å²) in [7, 11) is 0. The SMILES string of the molecule is CCOc1cccc(OCC(=O)Nc2c(C)cccc2C(C)C)c1. The van der Waals surface area contributed by atoms with Crippen LogP contribution in [0.25, 0.3) is 0 Å². The maximum absolute atomic E-state index is 12.3. The van der Waals surface area contributed by atoms with Gasteiger partial charge in [-0.2, -0.15) is 0 Å². The molecule has 0 unspecified atom stereocenters. The minimum Gasteiger partial charge on any atom is -0.494 e. The number of nitrogens with one attached hydrogen (secondary N) is 1. The van der Waals surface area contributed by atoms with Crippen molar-refractivity contribution in [3.05, 3.63) is 53.6 Å². The molecule has 128 valence electrons. The number of carbonyl (C=O) groups is 1. The molecule has 0 aliphatic carbocycles. The number of rotatable bonds is 7. The van der Waals surface area contributed by atoms with Crippen LogP contribution in [0.5, 0.6) is 11.5 Å². The third-order valence-electron chi connectivity index (χ3n) is 3.68. The summed E-state index contributed by atoms with van der Waals surface area (Å²) in [5.74, 6) is 1.51. The van der Waals surface area contributed by atoms with Crippen molar-refractivity contribution >= 4 is 11.6 Å². The molecular formula is C20H25NO3. The van der Waals surface area contributed by atoms with Crippen LogP contribution in [0.15, 0.2) is 42.5 Å². The Morgan fingerprint density at radius 2 is 1.75 bits per heavy atom. The van der Waals surface area contributed by atoms with Crippen LogP contribution in [-0.2, 0) is 4.79 Å². The molecule has 2 rings (SSSR count). The lowest BCUT2D eigenvalue weighted by Crippen LogP contribution is -2.21. The maximum Gasteiger partial charge on any atom is 0.262 e. The quantitative estimate of drug-likeness (QED) is 0.812. The molecule has 2 aromatic rings. The molecule has 0 saturated heterocycles. The average Bonchev–Trinajstić information content (AvgIpc) is 2.55. The third-order valence-corrected chi connectivity index (χ3v) is 3.68. The molecule has 0 spiro atoms. The summed E-state index contributed by atoms with van der Waals surface area (Å²) in [5.41, 5.74) is 3.05. The summed E-state index contributed by atoms with van der Waals surface area (Å²) in [6, 6.07) is 13.3. The Balaban J connectivity index is 2.01. The minimum atomic E-state index is -0.173. The van der Waals surface area contributed by atoms with E-state index in [4.69, 9.17) is 9.47 Å². The summed E-state index contributed by atoms with van der Waals surface area (Å²) in [6.45, 7) is 8.69. The second-order valence-corrected chi connectivity index (χ2v) is 5.94. The Hall–Kier alpha value is -2.49. The number of benzene rings is 2. The molecule has 0 bridgehead atoms. The summed E-state index contributed by atoms with van der Waals surface area (Å²) >= 11 is 0. The average molecular weight is 327 g/mol. The summed E-state index contributed by atoms with van der Waals surface area (Å²) in [4.78, 5) is 12.3. The highest BCUT2D eigenvalue weighted by atomic mass is 16.5. The molecule has 24 heavy (non-hydrogen) atoms. The van der Waals surface area contributed by atoms with Crippen molar-refractivity contribution in [3.63, 3.8) is 0 Å². The van der Waals surface area contributed by atoms with E-state index in [0.29, 0.717) is 18.3 Å². The first-order valence-electron chi connectivity index (χ1n) is 8.26. The summed E-state index contributed by atoms with van der Waals surface area (Å²) < 4.78 is 11.0. The molecule has 0 heterocycles. The van der Waals surface area contributed by atoms with E-state index in [1.54, 1.807) is 6.07 Å². The van der Waals surface area contributed by atoms with Crippen molar-refractivity contribution in [1.82, 2.24) is 0 Å². The fourth-order valence-electron chi connectivity index (χ4n) is 2.49. The van der Waals surface area contributed by atoms with Crippen LogP contribution < -0.4 is 14.8 Å². The second-order valence-electron chi connectivity index (χ2n) is 5.94. The van der Waals surface area contributed by atoms with E-state index in [0.717, 1.165) is 22.6 Å². The molecular weight excluding hydrogens is 302 g/mol. The van der Waals surface area contributed by atoms with E-state index < -0.39 is 0 Å². The van der Waals surface area contributed by atoms with Crippen molar-refractivity contribution in [1.29, 1.82) is 0 Å². The first-order valence-corrected chi connectivity index (χ1v) is 8.26. The van der Waals surface area contributed by atoms with Crippen LogP contribution in [-0.4, -0.2) is 19.1 Å². The first kappa shape index (κ1) is 17.9. The Morgan fingerprint density at radius 3 is 2.42 bits per heavy atom. The van der Waals surface area contributed by atoms with E-state index in [1.165, 1.54) is 0 Å². The topological polar surface area (TPSA) is 47.6 Å². The van der Waals surface area contributed by atoms with Crippen molar-refractivity contribution < 1.29 is 14.3 Å². The highest BCUT2D eigenvalue weighted by Gasteiger charge is 2.12. The Kier molecular flexibility index (Phi) is 6.24. The lowest BCUT2D eigenvalue weighted by atomic mass is 9.98. The molecule has 4 heteroatoms. The van der Waals surface area contributed by atoms with Crippen molar-refractivity contribution in [3.8, 4) is 11.5 Å². The fourth-order valence-corrected chi connectivity index (χ4v) is 2.49. The summed E-state index contributed by atoms with van der Waals surface area (Å²) in [6.07, 6.45) is 0. The van der Waals surface area contributed by atoms with Gasteiger partial charge in [0.2, 0.25) is 0 Å². The van der Waals surface area contributed by atoms with Crippen LogP contribution in [0.4, 0.5) is 5.69 Å². The zero-order valence-electron chi connectivity index (χ0n) is 14.8. The lowest BCUT2D eigenvalue weighted by molar-refractivity contribution is -0.118. The first-order chi connectivity index (χ1) is 11.5. The molecule has 0 aliphatic rings. The normalized spacial score (nSPS) is 10.5. The van der Waals surface area contributed by atoms with Gasteiger partial charge in [0.05, 0.1) is 6.61 Å². The smallest absolute Gasteiger partial charge is 0.262 e. The number of carbonyl (C=O) groups excluding carboxylic acids is 1. The van der Waals surface area contributed by atoms with E-state index >= 15 is 0 Å². The predicted octanol–water partition coefficient (Wildman–Crippen LogP) is 4.53. The number of hydrogen-bond acceptors (Lipinski definition) is 3. The van der Waals surface area contributed by atoms with Crippen LogP contribution in [0.1, 0.15) is 37.8 Å². The number of hydrogen-bond donors (Lipinski definition) is 1. The second kappa shape index (κ2) is 8.39. The highest BCUT2D eigenvalue weighted by Crippen LogP contribution is 2.27. The van der Waals surface area contributed by atoms with Crippen LogP contribution in [0, 0.1) is 6.92 Å². The van der Waals surface area contributed by atoms with Gasteiger partial charge in [0.15, 0.2) is 6.61 Å². The monoisotopic (exact) mass is 327 g/mol. The zero-order chi connectivity index (χ0) is 17.5. The van der Waals surface area contributed by atoms with Gasteiger partial charge in [-0.1, -0.05) is 38.1 Å². The Labute approximate surface area is 143 Å². The lowest BCUT2D eigenvalue weighted by Gasteiger charge is -2.16. The molecule has 0 aromatic heterocycles. The number of para-hydroxylation sites is 1. The predicted molar refractivity (Wildman–Crippen MR) is 97.0 cm³/mol. The Bertz CT molecular complexity index is 695.